The minimum atomic E-state index is -3.08. The van der Waals surface area contributed by atoms with Gasteiger partial charge in [-0.3, -0.25) is 4.79 Å². The largest absolute Gasteiger partial charge is 0.504 e. The first-order valence-electron chi connectivity index (χ1n) is 8.26. The molecule has 2 heterocycles. The van der Waals surface area contributed by atoms with Crippen LogP contribution in [0.1, 0.15) is 13.8 Å². The Balaban J connectivity index is 1.80. The van der Waals surface area contributed by atoms with Crippen LogP contribution in [0.5, 0.6) is 17.4 Å². The second-order valence-corrected chi connectivity index (χ2v) is 5.98. The summed E-state index contributed by atoms with van der Waals surface area (Å²) in [4.78, 5) is 19.4. The summed E-state index contributed by atoms with van der Waals surface area (Å²) >= 11 is 0. The fourth-order valence-corrected chi connectivity index (χ4v) is 2.45. The fourth-order valence-electron chi connectivity index (χ4n) is 2.45. The molecule has 0 saturated carbocycles. The number of hydrogen-bond donors (Lipinski definition) is 2. The van der Waals surface area contributed by atoms with Gasteiger partial charge in [-0.05, 0) is 25.1 Å². The van der Waals surface area contributed by atoms with Crippen molar-refractivity contribution < 1.29 is 32.6 Å². The highest BCUT2D eigenvalue weighted by atomic mass is 19.3. The molecule has 1 atom stereocenters. The minimum absolute atomic E-state index is 0.139. The molecular formula is C18H17F2N3O5. The van der Waals surface area contributed by atoms with E-state index in [-0.39, 0.29) is 36.1 Å². The highest BCUT2D eigenvalue weighted by molar-refractivity contribution is 5.76. The maximum atomic E-state index is 12.4. The van der Waals surface area contributed by atoms with Crippen LogP contribution >= 0.6 is 0 Å². The molecule has 0 aliphatic carbocycles. The third-order valence-electron chi connectivity index (χ3n) is 3.60. The average molecular weight is 393 g/mol. The number of fused-ring (bicyclic) bond motifs is 1. The number of aromatic hydroxyl groups is 1. The molecule has 148 valence electrons. The highest BCUT2D eigenvalue weighted by Crippen LogP contribution is 2.33. The average Bonchev–Trinajstić information content (AvgIpc) is 3.04. The van der Waals surface area contributed by atoms with Gasteiger partial charge in [0.25, 0.3) is 0 Å². The summed E-state index contributed by atoms with van der Waals surface area (Å²) in [5, 5.41) is 12.3. The van der Waals surface area contributed by atoms with E-state index in [2.05, 4.69) is 20.0 Å². The Labute approximate surface area is 158 Å². The Morgan fingerprint density at radius 3 is 2.86 bits per heavy atom. The fraction of sp³-hybridized carbons (Fsp3) is 0.278. The highest BCUT2D eigenvalue weighted by Gasteiger charge is 2.15. The number of carbonyl (C=O) groups is 1. The van der Waals surface area contributed by atoms with Crippen LogP contribution in [-0.2, 0) is 4.79 Å². The Kier molecular flexibility index (Phi) is 5.57. The zero-order valence-corrected chi connectivity index (χ0v) is 15.0. The molecule has 0 unspecified atom stereocenters. The van der Waals surface area contributed by atoms with Crippen LogP contribution in [0.3, 0.4) is 0 Å². The lowest BCUT2D eigenvalue weighted by Crippen LogP contribution is -2.35. The lowest BCUT2D eigenvalue weighted by molar-refractivity contribution is -0.119. The molecule has 1 amide bonds. The van der Waals surface area contributed by atoms with Crippen molar-refractivity contribution in [2.45, 2.75) is 26.5 Å². The zero-order chi connectivity index (χ0) is 20.3. The first-order valence-corrected chi connectivity index (χ1v) is 8.26. The van der Waals surface area contributed by atoms with Crippen LogP contribution < -0.4 is 14.8 Å². The molecule has 2 N–H and O–H groups in total. The number of halogens is 2. The van der Waals surface area contributed by atoms with E-state index >= 15 is 0 Å². The van der Waals surface area contributed by atoms with E-state index in [4.69, 9.17) is 9.15 Å². The van der Waals surface area contributed by atoms with E-state index in [0.29, 0.717) is 16.7 Å². The number of nitrogens with zero attached hydrogens (tertiary/aromatic N) is 2. The lowest BCUT2D eigenvalue weighted by atomic mass is 10.2. The summed E-state index contributed by atoms with van der Waals surface area (Å²) in [5.41, 5.74) is 1.14. The van der Waals surface area contributed by atoms with Crippen LogP contribution in [0.15, 0.2) is 34.9 Å². The summed E-state index contributed by atoms with van der Waals surface area (Å²) in [6.07, 6.45) is 1.44. The molecule has 0 aliphatic heterocycles. The third kappa shape index (κ3) is 4.64. The van der Waals surface area contributed by atoms with E-state index in [1.54, 1.807) is 6.92 Å². The number of phenols is 1. The lowest BCUT2D eigenvalue weighted by Gasteiger charge is -2.12. The Bertz CT molecular complexity index is 993. The van der Waals surface area contributed by atoms with Crippen molar-refractivity contribution in [2.24, 2.45) is 0 Å². The van der Waals surface area contributed by atoms with Crippen LogP contribution in [-0.4, -0.2) is 40.2 Å². The summed E-state index contributed by atoms with van der Waals surface area (Å²) in [6, 6.07) is 5.19. The number of aromatic nitrogens is 2. The van der Waals surface area contributed by atoms with E-state index < -0.39 is 12.4 Å². The summed E-state index contributed by atoms with van der Waals surface area (Å²) in [6.45, 7) is 0.341. The molecule has 3 aromatic rings. The number of hydrogen-bond acceptors (Lipinski definition) is 7. The Morgan fingerprint density at radius 2 is 2.14 bits per heavy atom. The number of carbonyl (C=O) groups excluding carboxylic acids is 1. The first kappa shape index (κ1) is 19.3. The molecule has 8 nitrogen and oxygen atoms in total. The molecule has 3 rings (SSSR count). The number of nitrogens with one attached hydrogen (secondary N) is 1. The second kappa shape index (κ2) is 8.07. The zero-order valence-electron chi connectivity index (χ0n) is 15.0. The van der Waals surface area contributed by atoms with Gasteiger partial charge in [0.05, 0.1) is 12.2 Å². The Morgan fingerprint density at radius 1 is 1.36 bits per heavy atom. The van der Waals surface area contributed by atoms with Gasteiger partial charge in [-0.25, -0.2) is 9.97 Å². The van der Waals surface area contributed by atoms with Gasteiger partial charge in [-0.15, -0.1) is 0 Å². The molecule has 0 radical (unpaired) electrons. The Hall–Kier alpha value is -3.43. The van der Waals surface area contributed by atoms with Crippen LogP contribution in [0.2, 0.25) is 0 Å². The smallest absolute Gasteiger partial charge is 0.387 e. The SMILES string of the molecule is CC(=O)N[C@@H](C)COc1cc2oc(-c3ccc(O)c(OC(F)F)c3)nc2cn1. The van der Waals surface area contributed by atoms with Gasteiger partial charge < -0.3 is 24.3 Å². The number of ether oxygens (including phenoxy) is 2. The molecule has 0 spiro atoms. The predicted molar refractivity (Wildman–Crippen MR) is 94.3 cm³/mol. The van der Waals surface area contributed by atoms with Crippen molar-refractivity contribution in [3.63, 3.8) is 0 Å². The van der Waals surface area contributed by atoms with Crippen LogP contribution in [0.4, 0.5) is 8.78 Å². The first-order chi connectivity index (χ1) is 13.3. The van der Waals surface area contributed by atoms with Gasteiger partial charge in [0.1, 0.15) is 12.1 Å². The number of oxazole rings is 1. The van der Waals surface area contributed by atoms with Crippen molar-refractivity contribution >= 4 is 17.0 Å². The van der Waals surface area contributed by atoms with Gasteiger partial charge >= 0.3 is 6.61 Å². The number of amides is 1. The van der Waals surface area contributed by atoms with Crippen molar-refractivity contribution in [2.75, 3.05) is 6.61 Å². The van der Waals surface area contributed by atoms with Gasteiger partial charge in [-0.1, -0.05) is 0 Å². The van der Waals surface area contributed by atoms with Gasteiger partial charge in [0, 0.05) is 18.6 Å². The van der Waals surface area contributed by atoms with Crippen molar-refractivity contribution in [1.82, 2.24) is 15.3 Å². The number of benzene rings is 1. The van der Waals surface area contributed by atoms with Crippen LogP contribution in [0.25, 0.3) is 22.6 Å². The normalized spacial score (nSPS) is 12.2. The summed E-state index contributed by atoms with van der Waals surface area (Å²) in [5.74, 6) is -0.558. The van der Waals surface area contributed by atoms with Crippen LogP contribution in [0, 0.1) is 0 Å². The standard InChI is InChI=1S/C18H17F2N3O5/c1-9(22-10(2)24)8-26-16-6-14-12(7-21-16)23-17(27-14)11-3-4-13(25)15(5-11)28-18(19)20/h3-7,9,18,25H,8H2,1-2H3,(H,22,24)/t9-/m0/s1. The number of phenolic OH excluding ortho intramolecular Hbond substituents is 1. The molecule has 1 aromatic carbocycles. The quantitative estimate of drug-likeness (QED) is 0.635. The molecule has 28 heavy (non-hydrogen) atoms. The van der Waals surface area contributed by atoms with Gasteiger partial charge in [-0.2, -0.15) is 8.78 Å². The second-order valence-electron chi connectivity index (χ2n) is 5.98. The van der Waals surface area contributed by atoms with E-state index in [1.165, 1.54) is 37.4 Å². The molecule has 2 aromatic heterocycles. The maximum absolute atomic E-state index is 12.4. The third-order valence-corrected chi connectivity index (χ3v) is 3.60. The van der Waals surface area contributed by atoms with Gasteiger partial charge in [0.2, 0.25) is 17.7 Å². The number of rotatable bonds is 7. The number of pyridine rings is 1. The monoisotopic (exact) mass is 393 g/mol. The van der Waals surface area contributed by atoms with Crippen molar-refractivity contribution in [3.8, 4) is 28.8 Å². The van der Waals surface area contributed by atoms with E-state index in [9.17, 15) is 18.7 Å². The minimum Gasteiger partial charge on any atom is -0.504 e. The van der Waals surface area contributed by atoms with E-state index in [1.807, 2.05) is 0 Å². The van der Waals surface area contributed by atoms with Crippen molar-refractivity contribution in [1.29, 1.82) is 0 Å². The summed E-state index contributed by atoms with van der Waals surface area (Å²) in [7, 11) is 0. The molecule has 10 heteroatoms. The maximum Gasteiger partial charge on any atom is 0.387 e. The predicted octanol–water partition coefficient (Wildman–Crippen LogP) is 3.10. The molecule has 0 aliphatic rings. The van der Waals surface area contributed by atoms with E-state index in [0.717, 1.165) is 0 Å². The van der Waals surface area contributed by atoms with Gasteiger partial charge in [0.15, 0.2) is 17.1 Å². The topological polar surface area (TPSA) is 107 Å². The molecule has 0 saturated heterocycles. The summed E-state index contributed by atoms with van der Waals surface area (Å²) < 4.78 is 40.3. The number of alkyl halides is 2. The molecule has 0 bridgehead atoms. The molecular weight excluding hydrogens is 376 g/mol. The van der Waals surface area contributed by atoms with Crippen molar-refractivity contribution in [3.05, 3.63) is 30.5 Å². The molecule has 0 fully saturated rings.